The van der Waals surface area contributed by atoms with Crippen LogP contribution in [0.3, 0.4) is 0 Å². The van der Waals surface area contributed by atoms with Gasteiger partial charge in [0.15, 0.2) is 0 Å². The van der Waals surface area contributed by atoms with Crippen LogP contribution in [0.1, 0.15) is 38.8 Å². The van der Waals surface area contributed by atoms with E-state index < -0.39 is 0 Å². The highest BCUT2D eigenvalue weighted by Gasteiger charge is 2.10. The Balaban J connectivity index is 2.49. The van der Waals surface area contributed by atoms with Gasteiger partial charge in [0, 0.05) is 6.04 Å². The zero-order valence-electron chi connectivity index (χ0n) is 11.1. The smallest absolute Gasteiger partial charge is 0.137 e. The summed E-state index contributed by atoms with van der Waals surface area (Å²) in [7, 11) is 0. The molecule has 0 aliphatic carbocycles. The Morgan fingerprint density at radius 2 is 2.00 bits per heavy atom. The summed E-state index contributed by atoms with van der Waals surface area (Å²) >= 11 is 3.19. The summed E-state index contributed by atoms with van der Waals surface area (Å²) in [6.07, 6.45) is 0.518. The number of aliphatic hydroxyl groups is 1. The van der Waals surface area contributed by atoms with Crippen molar-refractivity contribution in [1.82, 2.24) is 5.32 Å². The number of benzene rings is 1. The maximum absolute atomic E-state index is 13.1. The van der Waals surface area contributed by atoms with Crippen molar-refractivity contribution in [2.24, 2.45) is 5.92 Å². The first-order valence-electron chi connectivity index (χ1n) is 6.26. The SMILES string of the molecule is CC(O)CC(C)CNC(C)c1ccc(F)c(Br)c1. The van der Waals surface area contributed by atoms with Crippen molar-refractivity contribution in [3.8, 4) is 0 Å². The number of halogens is 2. The fourth-order valence-corrected chi connectivity index (χ4v) is 2.34. The van der Waals surface area contributed by atoms with Gasteiger partial charge in [-0.1, -0.05) is 13.0 Å². The van der Waals surface area contributed by atoms with Crippen molar-refractivity contribution >= 4 is 15.9 Å². The molecule has 2 N–H and O–H groups in total. The number of rotatable bonds is 6. The van der Waals surface area contributed by atoms with Crippen LogP contribution in [0.5, 0.6) is 0 Å². The summed E-state index contributed by atoms with van der Waals surface area (Å²) in [6, 6.07) is 5.22. The molecule has 0 aliphatic rings. The topological polar surface area (TPSA) is 32.3 Å². The van der Waals surface area contributed by atoms with Gasteiger partial charge in [0.25, 0.3) is 0 Å². The molecule has 1 rings (SSSR count). The predicted molar refractivity (Wildman–Crippen MR) is 76.0 cm³/mol. The molecule has 0 spiro atoms. The maximum Gasteiger partial charge on any atom is 0.137 e. The van der Waals surface area contributed by atoms with Gasteiger partial charge in [-0.25, -0.2) is 4.39 Å². The third kappa shape index (κ3) is 5.04. The summed E-state index contributed by atoms with van der Waals surface area (Å²) in [4.78, 5) is 0. The second-order valence-electron chi connectivity index (χ2n) is 4.99. The van der Waals surface area contributed by atoms with Crippen molar-refractivity contribution in [2.45, 2.75) is 39.3 Å². The number of hydrogen-bond acceptors (Lipinski definition) is 2. The fourth-order valence-electron chi connectivity index (χ4n) is 1.94. The van der Waals surface area contributed by atoms with Gasteiger partial charge < -0.3 is 10.4 Å². The van der Waals surface area contributed by atoms with Crippen LogP contribution in [0, 0.1) is 11.7 Å². The summed E-state index contributed by atoms with van der Waals surface area (Å²) < 4.78 is 13.6. The molecule has 0 saturated heterocycles. The average molecular weight is 318 g/mol. The van der Waals surface area contributed by atoms with Gasteiger partial charge in [0.1, 0.15) is 5.82 Å². The van der Waals surface area contributed by atoms with Crippen LogP contribution in [0.25, 0.3) is 0 Å². The minimum Gasteiger partial charge on any atom is -0.393 e. The molecular formula is C14H21BrFNO. The number of aliphatic hydroxyl groups excluding tert-OH is 1. The van der Waals surface area contributed by atoms with E-state index in [-0.39, 0.29) is 18.0 Å². The third-order valence-electron chi connectivity index (χ3n) is 2.96. The number of nitrogens with one attached hydrogen (secondary N) is 1. The molecule has 1 aromatic carbocycles. The van der Waals surface area contributed by atoms with Crippen LogP contribution in [-0.4, -0.2) is 17.8 Å². The molecule has 102 valence electrons. The van der Waals surface area contributed by atoms with Crippen molar-refractivity contribution < 1.29 is 9.50 Å². The van der Waals surface area contributed by atoms with E-state index in [1.54, 1.807) is 19.1 Å². The lowest BCUT2D eigenvalue weighted by atomic mass is 10.0. The van der Waals surface area contributed by atoms with Gasteiger partial charge in [-0.2, -0.15) is 0 Å². The summed E-state index contributed by atoms with van der Waals surface area (Å²) in [6.45, 7) is 6.79. The molecule has 0 fully saturated rings. The largest absolute Gasteiger partial charge is 0.393 e. The van der Waals surface area contributed by atoms with Crippen LogP contribution in [0.2, 0.25) is 0 Å². The molecule has 0 radical (unpaired) electrons. The lowest BCUT2D eigenvalue weighted by Gasteiger charge is -2.19. The standard InChI is InChI=1S/C14H21BrFNO/c1-9(6-10(2)18)8-17-11(3)12-4-5-14(16)13(15)7-12/h4-5,7,9-11,17-18H,6,8H2,1-3H3. The van der Waals surface area contributed by atoms with Crippen LogP contribution in [-0.2, 0) is 0 Å². The molecular weight excluding hydrogens is 297 g/mol. The van der Waals surface area contributed by atoms with Crippen molar-refractivity contribution in [1.29, 1.82) is 0 Å². The minimum absolute atomic E-state index is 0.165. The van der Waals surface area contributed by atoms with E-state index in [0.29, 0.717) is 10.4 Å². The fraction of sp³-hybridized carbons (Fsp3) is 0.571. The average Bonchev–Trinajstić information content (AvgIpc) is 2.28. The van der Waals surface area contributed by atoms with E-state index >= 15 is 0 Å². The quantitative estimate of drug-likeness (QED) is 0.839. The number of hydrogen-bond donors (Lipinski definition) is 2. The molecule has 1 aromatic rings. The van der Waals surface area contributed by atoms with E-state index in [1.807, 2.05) is 0 Å². The zero-order valence-corrected chi connectivity index (χ0v) is 12.7. The third-order valence-corrected chi connectivity index (χ3v) is 3.57. The minimum atomic E-state index is -0.267. The predicted octanol–water partition coefficient (Wildman–Crippen LogP) is 3.65. The van der Waals surface area contributed by atoms with Crippen molar-refractivity contribution in [2.75, 3.05) is 6.54 Å². The lowest BCUT2D eigenvalue weighted by molar-refractivity contribution is 0.162. The van der Waals surface area contributed by atoms with Gasteiger partial charge in [-0.15, -0.1) is 0 Å². The molecule has 3 atom stereocenters. The normalized spacial score (nSPS) is 16.3. The Labute approximate surface area is 117 Å². The molecule has 0 bridgehead atoms. The molecule has 0 saturated carbocycles. The molecule has 2 nitrogen and oxygen atoms in total. The molecule has 4 heteroatoms. The highest BCUT2D eigenvalue weighted by molar-refractivity contribution is 9.10. The van der Waals surface area contributed by atoms with Crippen LogP contribution in [0.15, 0.2) is 22.7 Å². The Kier molecular flexibility index (Phi) is 6.26. The van der Waals surface area contributed by atoms with Crippen molar-refractivity contribution in [3.63, 3.8) is 0 Å². The zero-order chi connectivity index (χ0) is 13.7. The Bertz CT molecular complexity index is 384. The molecule has 3 unspecified atom stereocenters. The maximum atomic E-state index is 13.1. The second kappa shape index (κ2) is 7.22. The van der Waals surface area contributed by atoms with Crippen LogP contribution < -0.4 is 5.32 Å². The molecule has 0 aromatic heterocycles. The summed E-state index contributed by atoms with van der Waals surface area (Å²) in [5, 5.41) is 12.7. The van der Waals surface area contributed by atoms with Crippen LogP contribution >= 0.6 is 15.9 Å². The molecule has 0 amide bonds. The van der Waals surface area contributed by atoms with E-state index in [4.69, 9.17) is 0 Å². The Morgan fingerprint density at radius 3 is 2.56 bits per heavy atom. The van der Waals surface area contributed by atoms with E-state index in [1.165, 1.54) is 6.07 Å². The second-order valence-corrected chi connectivity index (χ2v) is 5.85. The molecule has 0 heterocycles. The Morgan fingerprint density at radius 1 is 1.33 bits per heavy atom. The Hall–Kier alpha value is -0.450. The van der Waals surface area contributed by atoms with Gasteiger partial charge in [-0.3, -0.25) is 0 Å². The van der Waals surface area contributed by atoms with E-state index in [0.717, 1.165) is 18.5 Å². The first-order valence-corrected chi connectivity index (χ1v) is 7.05. The van der Waals surface area contributed by atoms with Crippen LogP contribution in [0.4, 0.5) is 4.39 Å². The lowest BCUT2D eigenvalue weighted by Crippen LogP contribution is -2.26. The van der Waals surface area contributed by atoms with Crippen molar-refractivity contribution in [3.05, 3.63) is 34.1 Å². The molecule has 0 aliphatic heterocycles. The van der Waals surface area contributed by atoms with Gasteiger partial charge in [-0.05, 0) is 66.4 Å². The summed E-state index contributed by atoms with van der Waals surface area (Å²) in [5.74, 6) is 0.171. The van der Waals surface area contributed by atoms with Gasteiger partial charge >= 0.3 is 0 Å². The first-order chi connectivity index (χ1) is 8.40. The van der Waals surface area contributed by atoms with E-state index in [2.05, 4.69) is 35.1 Å². The van der Waals surface area contributed by atoms with Gasteiger partial charge in [0.2, 0.25) is 0 Å². The summed E-state index contributed by atoms with van der Waals surface area (Å²) in [5.41, 5.74) is 1.05. The monoisotopic (exact) mass is 317 g/mol. The first kappa shape index (κ1) is 15.6. The highest BCUT2D eigenvalue weighted by Crippen LogP contribution is 2.21. The molecule has 18 heavy (non-hydrogen) atoms. The highest BCUT2D eigenvalue weighted by atomic mass is 79.9. The van der Waals surface area contributed by atoms with E-state index in [9.17, 15) is 9.50 Å². The van der Waals surface area contributed by atoms with Gasteiger partial charge in [0.05, 0.1) is 10.6 Å².